The molecule has 0 bridgehead atoms. The molecule has 2 aromatic carbocycles. The van der Waals surface area contributed by atoms with Crippen molar-refractivity contribution in [2.45, 2.75) is 24.9 Å². The van der Waals surface area contributed by atoms with Crippen LogP contribution in [0.15, 0.2) is 47.5 Å². The Hall–Kier alpha value is -2.73. The average Bonchev–Trinajstić information content (AvgIpc) is 2.61. The standard InChI is InChI=1S/C20H23FN4O/c1-20(9-15(21)11-24-12-20)14-5-7-16(8-6-14)25-10-13-3-2-4-17(18(13)22)19(23)26/h2-8,10,15,24H,9,11-12,22H2,1H3,(H2,23,26). The van der Waals surface area contributed by atoms with E-state index in [0.29, 0.717) is 24.2 Å². The third kappa shape index (κ3) is 3.75. The summed E-state index contributed by atoms with van der Waals surface area (Å²) < 4.78 is 13.7. The molecule has 2 aromatic rings. The molecule has 0 spiro atoms. The van der Waals surface area contributed by atoms with Gasteiger partial charge in [0.15, 0.2) is 0 Å². The molecule has 0 aromatic heterocycles. The second kappa shape index (κ2) is 7.25. The Kier molecular flexibility index (Phi) is 5.04. The number of amides is 1. The predicted octanol–water partition coefficient (Wildman–Crippen LogP) is 2.71. The Labute approximate surface area is 152 Å². The molecule has 1 aliphatic rings. The molecule has 0 aliphatic carbocycles. The minimum Gasteiger partial charge on any atom is -0.398 e. The fraction of sp³-hybridized carbons (Fsp3) is 0.300. The van der Waals surface area contributed by atoms with E-state index in [9.17, 15) is 9.18 Å². The summed E-state index contributed by atoms with van der Waals surface area (Å²) in [6, 6.07) is 12.8. The number of nitrogens with zero attached hydrogens (tertiary/aromatic N) is 1. The number of halogens is 1. The fourth-order valence-electron chi connectivity index (χ4n) is 3.36. The molecule has 1 amide bonds. The third-order valence-electron chi connectivity index (χ3n) is 4.88. The van der Waals surface area contributed by atoms with Gasteiger partial charge in [0.1, 0.15) is 6.17 Å². The van der Waals surface area contributed by atoms with Crippen molar-refractivity contribution < 1.29 is 9.18 Å². The maximum absolute atomic E-state index is 13.7. The number of para-hydroxylation sites is 1. The second-order valence-electron chi connectivity index (χ2n) is 6.97. The van der Waals surface area contributed by atoms with Crippen molar-refractivity contribution >= 4 is 23.5 Å². The van der Waals surface area contributed by atoms with Crippen LogP contribution in [0.3, 0.4) is 0 Å². The largest absolute Gasteiger partial charge is 0.398 e. The molecule has 0 radical (unpaired) electrons. The number of alkyl halides is 1. The molecule has 5 N–H and O–H groups in total. The molecule has 5 nitrogen and oxygen atoms in total. The van der Waals surface area contributed by atoms with Crippen LogP contribution in [-0.4, -0.2) is 31.4 Å². The SMILES string of the molecule is CC1(c2ccc(N=Cc3cccc(C(N)=O)c3N)cc2)CNCC(F)C1. The quantitative estimate of drug-likeness (QED) is 0.582. The number of benzene rings is 2. The zero-order chi connectivity index (χ0) is 18.7. The summed E-state index contributed by atoms with van der Waals surface area (Å²) in [7, 11) is 0. The van der Waals surface area contributed by atoms with E-state index in [1.807, 2.05) is 24.3 Å². The molecule has 2 unspecified atom stereocenters. The van der Waals surface area contributed by atoms with Crippen LogP contribution >= 0.6 is 0 Å². The van der Waals surface area contributed by atoms with Gasteiger partial charge in [-0.2, -0.15) is 0 Å². The molecule has 2 atom stereocenters. The smallest absolute Gasteiger partial charge is 0.250 e. The first kappa shape index (κ1) is 18.1. The molecule has 1 saturated heterocycles. The Morgan fingerprint density at radius 2 is 2.04 bits per heavy atom. The van der Waals surface area contributed by atoms with Crippen molar-refractivity contribution in [1.82, 2.24) is 5.32 Å². The topological polar surface area (TPSA) is 93.5 Å². The van der Waals surface area contributed by atoms with E-state index in [4.69, 9.17) is 11.5 Å². The number of nitrogens with one attached hydrogen (secondary N) is 1. The summed E-state index contributed by atoms with van der Waals surface area (Å²) in [5.41, 5.74) is 14.1. The lowest BCUT2D eigenvalue weighted by Gasteiger charge is -2.36. The van der Waals surface area contributed by atoms with Crippen LogP contribution in [-0.2, 0) is 5.41 Å². The first-order valence-corrected chi connectivity index (χ1v) is 8.57. The molecule has 1 heterocycles. The fourth-order valence-corrected chi connectivity index (χ4v) is 3.36. The zero-order valence-electron chi connectivity index (χ0n) is 14.7. The van der Waals surface area contributed by atoms with Gasteiger partial charge in [-0.1, -0.05) is 31.2 Å². The number of hydrogen-bond acceptors (Lipinski definition) is 4. The van der Waals surface area contributed by atoms with Crippen LogP contribution in [0.4, 0.5) is 15.8 Å². The number of piperidine rings is 1. The van der Waals surface area contributed by atoms with Gasteiger partial charge in [-0.15, -0.1) is 0 Å². The molecule has 136 valence electrons. The van der Waals surface area contributed by atoms with Crippen molar-refractivity contribution in [3.63, 3.8) is 0 Å². The minimum atomic E-state index is -0.827. The molecule has 1 fully saturated rings. The highest BCUT2D eigenvalue weighted by molar-refractivity contribution is 6.02. The van der Waals surface area contributed by atoms with E-state index >= 15 is 0 Å². The van der Waals surface area contributed by atoms with Crippen LogP contribution in [0, 0.1) is 0 Å². The lowest BCUT2D eigenvalue weighted by molar-refractivity contribution is 0.100. The van der Waals surface area contributed by atoms with E-state index in [-0.39, 0.29) is 11.0 Å². The van der Waals surface area contributed by atoms with Crippen molar-refractivity contribution in [2.75, 3.05) is 18.8 Å². The van der Waals surface area contributed by atoms with Crippen molar-refractivity contribution in [3.8, 4) is 0 Å². The molecular formula is C20H23FN4O. The summed E-state index contributed by atoms with van der Waals surface area (Å²) in [5, 5.41) is 3.15. The lowest BCUT2D eigenvalue weighted by atomic mass is 9.76. The highest BCUT2D eigenvalue weighted by atomic mass is 19.1. The summed E-state index contributed by atoms with van der Waals surface area (Å²) in [6.45, 7) is 3.25. The van der Waals surface area contributed by atoms with E-state index in [0.717, 1.165) is 17.8 Å². The van der Waals surface area contributed by atoms with Crippen molar-refractivity contribution in [1.29, 1.82) is 0 Å². The maximum Gasteiger partial charge on any atom is 0.250 e. The molecule has 1 aliphatic heterocycles. The van der Waals surface area contributed by atoms with Crippen LogP contribution in [0.1, 0.15) is 34.8 Å². The first-order chi connectivity index (χ1) is 12.4. The number of carbonyl (C=O) groups is 1. The Balaban J connectivity index is 1.79. The number of nitrogen functional groups attached to an aromatic ring is 1. The van der Waals surface area contributed by atoms with Gasteiger partial charge in [-0.3, -0.25) is 9.79 Å². The normalized spacial score (nSPS) is 23.2. The number of anilines is 1. The minimum absolute atomic E-state index is 0.222. The van der Waals surface area contributed by atoms with E-state index < -0.39 is 12.1 Å². The van der Waals surface area contributed by atoms with E-state index in [1.165, 1.54) is 0 Å². The third-order valence-corrected chi connectivity index (χ3v) is 4.88. The number of nitrogens with two attached hydrogens (primary N) is 2. The Morgan fingerprint density at radius 1 is 1.31 bits per heavy atom. The van der Waals surface area contributed by atoms with Crippen LogP contribution in [0.25, 0.3) is 0 Å². The number of carbonyl (C=O) groups excluding carboxylic acids is 1. The highest BCUT2D eigenvalue weighted by Gasteiger charge is 2.33. The summed E-state index contributed by atoms with van der Waals surface area (Å²) in [5.74, 6) is -0.567. The van der Waals surface area contributed by atoms with Gasteiger partial charge in [0.2, 0.25) is 0 Å². The van der Waals surface area contributed by atoms with Crippen LogP contribution < -0.4 is 16.8 Å². The maximum atomic E-state index is 13.7. The van der Waals surface area contributed by atoms with Gasteiger partial charge in [0.05, 0.1) is 16.9 Å². The molecular weight excluding hydrogens is 331 g/mol. The van der Waals surface area contributed by atoms with Crippen LogP contribution in [0.2, 0.25) is 0 Å². The van der Waals surface area contributed by atoms with Gasteiger partial charge in [0, 0.05) is 30.3 Å². The molecule has 0 saturated carbocycles. The molecule has 6 heteroatoms. The zero-order valence-corrected chi connectivity index (χ0v) is 14.7. The second-order valence-corrected chi connectivity index (χ2v) is 6.97. The Morgan fingerprint density at radius 3 is 2.69 bits per heavy atom. The number of rotatable bonds is 4. The van der Waals surface area contributed by atoms with E-state index in [2.05, 4.69) is 17.2 Å². The number of hydrogen-bond donors (Lipinski definition) is 3. The van der Waals surface area contributed by atoms with E-state index in [1.54, 1.807) is 24.4 Å². The summed E-state index contributed by atoms with van der Waals surface area (Å²) in [4.78, 5) is 15.8. The van der Waals surface area contributed by atoms with Crippen molar-refractivity contribution in [2.24, 2.45) is 10.7 Å². The lowest BCUT2D eigenvalue weighted by Crippen LogP contribution is -2.46. The monoisotopic (exact) mass is 354 g/mol. The molecule has 26 heavy (non-hydrogen) atoms. The Bertz CT molecular complexity index is 834. The predicted molar refractivity (Wildman–Crippen MR) is 103 cm³/mol. The van der Waals surface area contributed by atoms with Gasteiger partial charge in [0.25, 0.3) is 5.91 Å². The molecule has 3 rings (SSSR count). The van der Waals surface area contributed by atoms with Crippen molar-refractivity contribution in [3.05, 3.63) is 59.2 Å². The number of primary amides is 1. The van der Waals surface area contributed by atoms with Gasteiger partial charge < -0.3 is 16.8 Å². The summed E-state index contributed by atoms with van der Waals surface area (Å²) >= 11 is 0. The van der Waals surface area contributed by atoms with Gasteiger partial charge >= 0.3 is 0 Å². The van der Waals surface area contributed by atoms with Gasteiger partial charge in [-0.05, 0) is 30.2 Å². The summed E-state index contributed by atoms with van der Waals surface area (Å²) in [6.07, 6.45) is 1.30. The highest BCUT2D eigenvalue weighted by Crippen LogP contribution is 2.32. The van der Waals surface area contributed by atoms with Gasteiger partial charge in [-0.25, -0.2) is 4.39 Å². The average molecular weight is 354 g/mol. The first-order valence-electron chi connectivity index (χ1n) is 8.57. The number of aliphatic imine (C=N–C) groups is 1. The van der Waals surface area contributed by atoms with Crippen LogP contribution in [0.5, 0.6) is 0 Å².